The number of aromatic nitrogens is 6. The van der Waals surface area contributed by atoms with E-state index in [1.807, 2.05) is 49.3 Å². The number of aliphatic hydroxyl groups excluding tert-OH is 1. The van der Waals surface area contributed by atoms with Gasteiger partial charge in [0.25, 0.3) is 0 Å². The van der Waals surface area contributed by atoms with Crippen LogP contribution in [-0.4, -0.2) is 45.9 Å². The lowest BCUT2D eigenvalue weighted by atomic mass is 9.89. The van der Waals surface area contributed by atoms with Crippen molar-refractivity contribution in [2.75, 3.05) is 10.6 Å². The number of rotatable bonds is 5. The topological polar surface area (TPSA) is 106 Å². The van der Waals surface area contributed by atoms with Gasteiger partial charge in [-0.05, 0) is 43.4 Å². The molecule has 0 aliphatic heterocycles. The van der Waals surface area contributed by atoms with Crippen molar-refractivity contribution < 1.29 is 5.11 Å². The average molecular weight is 396 g/mol. The fourth-order valence-corrected chi connectivity index (χ4v) is 4.04. The Kier molecular flexibility index (Phi) is 4.02. The lowest BCUT2D eigenvalue weighted by Crippen LogP contribution is -2.39. The predicted molar refractivity (Wildman–Crippen MR) is 108 cm³/mol. The first-order chi connectivity index (χ1) is 13.5. The van der Waals surface area contributed by atoms with Gasteiger partial charge in [0.15, 0.2) is 5.82 Å². The summed E-state index contributed by atoms with van der Waals surface area (Å²) >= 11 is 1.38. The van der Waals surface area contributed by atoms with E-state index >= 15 is 0 Å². The van der Waals surface area contributed by atoms with E-state index in [2.05, 4.69) is 25.1 Å². The number of nitrogens with one attached hydrogen (secondary N) is 2. The van der Waals surface area contributed by atoms with E-state index in [0.29, 0.717) is 5.95 Å². The lowest BCUT2D eigenvalue weighted by Gasteiger charge is -2.32. The molecule has 4 aromatic heterocycles. The van der Waals surface area contributed by atoms with Crippen LogP contribution in [0.15, 0.2) is 30.7 Å². The predicted octanol–water partition coefficient (Wildman–Crippen LogP) is 2.60. The third-order valence-electron chi connectivity index (χ3n) is 4.82. The Morgan fingerprint density at radius 1 is 1.29 bits per heavy atom. The summed E-state index contributed by atoms with van der Waals surface area (Å²) in [6.45, 7) is 1.95. The van der Waals surface area contributed by atoms with Crippen molar-refractivity contribution in [3.8, 4) is 5.69 Å². The molecule has 5 rings (SSSR count). The summed E-state index contributed by atoms with van der Waals surface area (Å²) < 4.78 is 8.08. The van der Waals surface area contributed by atoms with Gasteiger partial charge in [0.05, 0.1) is 29.2 Å². The van der Waals surface area contributed by atoms with Gasteiger partial charge in [-0.3, -0.25) is 4.68 Å². The van der Waals surface area contributed by atoms with E-state index in [1.54, 1.807) is 4.68 Å². The van der Waals surface area contributed by atoms with Crippen LogP contribution in [0.1, 0.15) is 18.5 Å². The van der Waals surface area contributed by atoms with Crippen LogP contribution in [0.5, 0.6) is 0 Å². The molecule has 0 atom stereocenters. The monoisotopic (exact) mass is 396 g/mol. The summed E-state index contributed by atoms with van der Waals surface area (Å²) in [5.41, 5.74) is 3.61. The van der Waals surface area contributed by atoms with Gasteiger partial charge < -0.3 is 20.3 Å². The highest BCUT2D eigenvalue weighted by molar-refractivity contribution is 7.10. The molecule has 0 aromatic carbocycles. The van der Waals surface area contributed by atoms with Gasteiger partial charge in [-0.15, -0.1) is 0 Å². The molecule has 0 saturated heterocycles. The summed E-state index contributed by atoms with van der Waals surface area (Å²) in [4.78, 5) is 9.41. The molecule has 1 aliphatic carbocycles. The Labute approximate surface area is 165 Å². The Morgan fingerprint density at radius 2 is 2.14 bits per heavy atom. The van der Waals surface area contributed by atoms with Crippen LogP contribution < -0.4 is 10.6 Å². The van der Waals surface area contributed by atoms with Crippen molar-refractivity contribution in [2.45, 2.75) is 31.9 Å². The van der Waals surface area contributed by atoms with Crippen molar-refractivity contribution >= 4 is 39.3 Å². The van der Waals surface area contributed by atoms with Crippen LogP contribution in [0.2, 0.25) is 0 Å². The Balaban J connectivity index is 1.58. The number of aliphatic hydroxyl groups is 1. The molecule has 0 spiro atoms. The molecular weight excluding hydrogens is 376 g/mol. The third-order valence-corrected chi connectivity index (χ3v) is 5.62. The minimum absolute atomic E-state index is 0.198. The van der Waals surface area contributed by atoms with Crippen LogP contribution in [0.4, 0.5) is 16.8 Å². The van der Waals surface area contributed by atoms with Gasteiger partial charge in [-0.2, -0.15) is 14.5 Å². The fourth-order valence-electron chi connectivity index (χ4n) is 3.38. The SMILES string of the molecule is Cc1cc(Nc2nc(N[C@H]3C[C@@H](O)C3)c3c(ccn3-c3cnn(C)c3)n2)sn1. The maximum atomic E-state index is 9.65. The van der Waals surface area contributed by atoms with Crippen LogP contribution in [-0.2, 0) is 7.05 Å². The minimum atomic E-state index is -0.238. The zero-order valence-electron chi connectivity index (χ0n) is 15.5. The highest BCUT2D eigenvalue weighted by atomic mass is 32.1. The fraction of sp³-hybridized carbons (Fsp3) is 0.333. The Bertz CT molecular complexity index is 1140. The van der Waals surface area contributed by atoms with Crippen molar-refractivity contribution in [2.24, 2.45) is 7.05 Å². The maximum Gasteiger partial charge on any atom is 0.230 e. The molecule has 4 aromatic rings. The van der Waals surface area contributed by atoms with Crippen LogP contribution in [0.25, 0.3) is 16.7 Å². The van der Waals surface area contributed by atoms with Gasteiger partial charge in [-0.1, -0.05) is 0 Å². The largest absolute Gasteiger partial charge is 0.393 e. The Morgan fingerprint density at radius 3 is 2.82 bits per heavy atom. The molecule has 144 valence electrons. The molecule has 0 radical (unpaired) electrons. The van der Waals surface area contributed by atoms with Crippen molar-refractivity contribution in [3.63, 3.8) is 0 Å². The quantitative estimate of drug-likeness (QED) is 0.476. The zero-order chi connectivity index (χ0) is 19.3. The van der Waals surface area contributed by atoms with E-state index in [0.717, 1.165) is 46.1 Å². The highest BCUT2D eigenvalue weighted by Crippen LogP contribution is 2.31. The summed E-state index contributed by atoms with van der Waals surface area (Å²) in [6, 6.07) is 4.13. The number of anilines is 3. The van der Waals surface area contributed by atoms with Crippen LogP contribution in [0, 0.1) is 6.92 Å². The molecule has 28 heavy (non-hydrogen) atoms. The molecule has 0 amide bonds. The summed E-state index contributed by atoms with van der Waals surface area (Å²) in [7, 11) is 1.89. The van der Waals surface area contributed by atoms with Gasteiger partial charge in [0.2, 0.25) is 5.95 Å². The van der Waals surface area contributed by atoms with Gasteiger partial charge in [0.1, 0.15) is 10.5 Å². The number of fused-ring (bicyclic) bond motifs is 1. The van der Waals surface area contributed by atoms with Crippen molar-refractivity contribution in [3.05, 3.63) is 36.4 Å². The molecule has 4 heterocycles. The molecule has 1 aliphatic rings. The normalized spacial score (nSPS) is 19.0. The maximum absolute atomic E-state index is 9.65. The van der Waals surface area contributed by atoms with E-state index in [4.69, 9.17) is 4.98 Å². The molecule has 3 N–H and O–H groups in total. The van der Waals surface area contributed by atoms with E-state index < -0.39 is 0 Å². The van der Waals surface area contributed by atoms with E-state index in [1.165, 1.54) is 11.5 Å². The first kappa shape index (κ1) is 17.1. The number of nitrogens with zero attached hydrogens (tertiary/aromatic N) is 6. The molecule has 0 unspecified atom stereocenters. The highest BCUT2D eigenvalue weighted by Gasteiger charge is 2.28. The summed E-state index contributed by atoms with van der Waals surface area (Å²) in [5, 5.41) is 21.5. The lowest BCUT2D eigenvalue weighted by molar-refractivity contribution is 0.0836. The summed E-state index contributed by atoms with van der Waals surface area (Å²) in [6.07, 6.45) is 6.92. The summed E-state index contributed by atoms with van der Waals surface area (Å²) in [5.74, 6) is 1.25. The number of hydrogen-bond acceptors (Lipinski definition) is 8. The molecule has 1 saturated carbocycles. The molecule has 9 nitrogen and oxygen atoms in total. The Hall–Kier alpha value is -2.98. The van der Waals surface area contributed by atoms with Crippen LogP contribution in [0.3, 0.4) is 0 Å². The first-order valence-electron chi connectivity index (χ1n) is 9.08. The van der Waals surface area contributed by atoms with Crippen molar-refractivity contribution in [1.29, 1.82) is 0 Å². The second kappa shape index (κ2) is 6.57. The smallest absolute Gasteiger partial charge is 0.230 e. The second-order valence-corrected chi connectivity index (χ2v) is 7.92. The van der Waals surface area contributed by atoms with Crippen LogP contribution >= 0.6 is 11.5 Å². The van der Waals surface area contributed by atoms with Crippen molar-refractivity contribution in [1.82, 2.24) is 28.7 Å². The third kappa shape index (κ3) is 3.10. The standard InChI is InChI=1S/C18H20N8OS/c1-10-5-15(28-24-10)22-18-21-14-3-4-26(12-8-19-25(2)9-12)16(14)17(23-18)20-11-6-13(27)7-11/h3-5,8-9,11,13,27H,6-7H2,1-2H3,(H2,20,21,22,23)/t11-,13+. The molecule has 0 bridgehead atoms. The number of aryl methyl sites for hydroxylation is 2. The van der Waals surface area contributed by atoms with Gasteiger partial charge in [-0.25, -0.2) is 4.98 Å². The molecule has 10 heteroatoms. The van der Waals surface area contributed by atoms with Gasteiger partial charge in [0, 0.05) is 25.5 Å². The minimum Gasteiger partial charge on any atom is -0.393 e. The number of hydrogen-bond donors (Lipinski definition) is 3. The van der Waals surface area contributed by atoms with E-state index in [-0.39, 0.29) is 12.1 Å². The molecular formula is C18H20N8OS. The van der Waals surface area contributed by atoms with E-state index in [9.17, 15) is 5.11 Å². The average Bonchev–Trinajstić information content (AvgIpc) is 3.33. The second-order valence-electron chi connectivity index (χ2n) is 7.11. The first-order valence-corrected chi connectivity index (χ1v) is 9.85. The zero-order valence-corrected chi connectivity index (χ0v) is 16.3. The molecule has 1 fully saturated rings. The van der Waals surface area contributed by atoms with Gasteiger partial charge >= 0.3 is 0 Å².